The minimum Gasteiger partial charge on any atom is -0.356 e. The molecule has 1 aliphatic rings. The molecule has 1 aromatic rings. The Labute approximate surface area is 110 Å². The number of nitrogens with zero attached hydrogens (tertiary/aromatic N) is 2. The Hall–Kier alpha value is -1.30. The van der Waals surface area contributed by atoms with E-state index in [-0.39, 0.29) is 17.4 Å². The molecule has 1 aromatic heterocycles. The summed E-state index contributed by atoms with van der Waals surface area (Å²) in [4.78, 5) is 27.8. The lowest BCUT2D eigenvalue weighted by molar-refractivity contribution is -0.125. The zero-order chi connectivity index (χ0) is 13.1. The van der Waals surface area contributed by atoms with Crippen molar-refractivity contribution in [2.45, 2.75) is 25.5 Å². The smallest absolute Gasteiger partial charge is 0.254 e. The maximum absolute atomic E-state index is 12.0. The molecule has 0 radical (unpaired) electrons. The van der Waals surface area contributed by atoms with Gasteiger partial charge in [0.05, 0.1) is 5.92 Å². The third-order valence-electron chi connectivity index (χ3n) is 2.77. The Kier molecular flexibility index (Phi) is 4.06. The predicted molar refractivity (Wildman–Crippen MR) is 70.6 cm³/mol. The molecule has 1 unspecified atom stereocenters. The van der Waals surface area contributed by atoms with Gasteiger partial charge in [-0.1, -0.05) is 25.6 Å². The number of carbonyl (C=O) groups is 1. The third-order valence-corrected chi connectivity index (χ3v) is 3.92. The zero-order valence-corrected chi connectivity index (χ0v) is 11.4. The van der Waals surface area contributed by atoms with Crippen molar-refractivity contribution < 1.29 is 4.79 Å². The number of hydrogen-bond acceptors (Lipinski definition) is 4. The summed E-state index contributed by atoms with van der Waals surface area (Å²) in [7, 11) is 0. The van der Waals surface area contributed by atoms with Gasteiger partial charge in [-0.25, -0.2) is 4.98 Å². The Morgan fingerprint density at radius 3 is 3.17 bits per heavy atom. The van der Waals surface area contributed by atoms with Crippen LogP contribution in [0.15, 0.2) is 22.2 Å². The molecule has 1 aliphatic heterocycles. The summed E-state index contributed by atoms with van der Waals surface area (Å²) < 4.78 is 1.58. The van der Waals surface area contributed by atoms with Gasteiger partial charge in [-0.05, 0) is 5.92 Å². The van der Waals surface area contributed by atoms with Crippen molar-refractivity contribution in [1.29, 1.82) is 0 Å². The molecule has 18 heavy (non-hydrogen) atoms. The Morgan fingerprint density at radius 1 is 1.67 bits per heavy atom. The van der Waals surface area contributed by atoms with Crippen molar-refractivity contribution in [3.8, 4) is 0 Å². The van der Waals surface area contributed by atoms with E-state index in [0.717, 1.165) is 0 Å². The van der Waals surface area contributed by atoms with E-state index in [0.29, 0.717) is 29.9 Å². The summed E-state index contributed by atoms with van der Waals surface area (Å²) in [5.41, 5.74) is -0.0890. The monoisotopic (exact) mass is 267 g/mol. The second kappa shape index (κ2) is 5.56. The first-order valence-corrected chi connectivity index (χ1v) is 7.03. The van der Waals surface area contributed by atoms with Crippen molar-refractivity contribution >= 4 is 17.7 Å². The third kappa shape index (κ3) is 2.93. The van der Waals surface area contributed by atoms with Crippen LogP contribution in [0.3, 0.4) is 0 Å². The quantitative estimate of drug-likeness (QED) is 0.820. The first-order valence-electron chi connectivity index (χ1n) is 6.04. The highest BCUT2D eigenvalue weighted by atomic mass is 32.2. The second-order valence-electron chi connectivity index (χ2n) is 4.82. The van der Waals surface area contributed by atoms with Crippen molar-refractivity contribution in [3.05, 3.63) is 22.6 Å². The van der Waals surface area contributed by atoms with E-state index >= 15 is 0 Å². The van der Waals surface area contributed by atoms with Crippen LogP contribution in [-0.2, 0) is 11.3 Å². The van der Waals surface area contributed by atoms with Crippen molar-refractivity contribution in [1.82, 2.24) is 14.9 Å². The zero-order valence-electron chi connectivity index (χ0n) is 10.5. The fraction of sp³-hybridized carbons (Fsp3) is 0.583. The number of nitrogens with one attached hydrogen (secondary N) is 1. The summed E-state index contributed by atoms with van der Waals surface area (Å²) in [5, 5.41) is 3.62. The molecule has 0 fully saturated rings. The number of fused-ring (bicyclic) bond motifs is 1. The molecule has 0 aromatic carbocycles. The Balaban J connectivity index is 2.05. The van der Waals surface area contributed by atoms with Crippen LogP contribution in [0.4, 0.5) is 0 Å². The summed E-state index contributed by atoms with van der Waals surface area (Å²) in [5.74, 6) is 0.989. The molecule has 0 bridgehead atoms. The molecule has 0 saturated heterocycles. The molecule has 98 valence electrons. The SMILES string of the molecule is CC(C)CNC(=O)C1CSc2nccc(=O)n2C1. The van der Waals surface area contributed by atoms with Crippen LogP contribution < -0.4 is 10.9 Å². The van der Waals surface area contributed by atoms with Crippen LogP contribution in [0.2, 0.25) is 0 Å². The van der Waals surface area contributed by atoms with Crippen LogP contribution in [0.25, 0.3) is 0 Å². The van der Waals surface area contributed by atoms with Gasteiger partial charge in [0.1, 0.15) is 0 Å². The Morgan fingerprint density at radius 2 is 2.44 bits per heavy atom. The first-order chi connectivity index (χ1) is 8.58. The van der Waals surface area contributed by atoms with Gasteiger partial charge in [0.25, 0.3) is 5.56 Å². The number of rotatable bonds is 3. The molecule has 0 saturated carbocycles. The highest BCUT2D eigenvalue weighted by molar-refractivity contribution is 7.99. The first kappa shape index (κ1) is 13.1. The van der Waals surface area contributed by atoms with Gasteiger partial charge >= 0.3 is 0 Å². The topological polar surface area (TPSA) is 64.0 Å². The van der Waals surface area contributed by atoms with E-state index in [2.05, 4.69) is 24.1 Å². The molecule has 1 N–H and O–H groups in total. The van der Waals surface area contributed by atoms with Gasteiger partial charge in [-0.15, -0.1) is 0 Å². The number of thioether (sulfide) groups is 1. The lowest BCUT2D eigenvalue weighted by Crippen LogP contribution is -2.40. The largest absolute Gasteiger partial charge is 0.356 e. The minimum absolute atomic E-state index is 0.0256. The second-order valence-corrected chi connectivity index (χ2v) is 5.81. The normalized spacial score (nSPS) is 18.5. The summed E-state index contributed by atoms with van der Waals surface area (Å²) in [6.07, 6.45) is 1.51. The Bertz CT molecular complexity index is 498. The lowest BCUT2D eigenvalue weighted by Gasteiger charge is -2.24. The van der Waals surface area contributed by atoms with E-state index in [9.17, 15) is 9.59 Å². The summed E-state index contributed by atoms with van der Waals surface area (Å²) in [6, 6.07) is 1.43. The number of hydrogen-bond donors (Lipinski definition) is 1. The fourth-order valence-corrected chi connectivity index (χ4v) is 2.82. The molecule has 1 atom stereocenters. The van der Waals surface area contributed by atoms with Gasteiger partial charge in [0, 0.05) is 31.1 Å². The van der Waals surface area contributed by atoms with Gasteiger partial charge in [-0.2, -0.15) is 0 Å². The highest BCUT2D eigenvalue weighted by Crippen LogP contribution is 2.24. The van der Waals surface area contributed by atoms with Crippen molar-refractivity contribution in [3.63, 3.8) is 0 Å². The van der Waals surface area contributed by atoms with Gasteiger partial charge in [0.15, 0.2) is 5.16 Å². The minimum atomic E-state index is -0.150. The molecule has 2 heterocycles. The van der Waals surface area contributed by atoms with E-state index in [1.807, 2.05) is 0 Å². The van der Waals surface area contributed by atoms with E-state index < -0.39 is 0 Å². The van der Waals surface area contributed by atoms with E-state index in [1.54, 1.807) is 4.57 Å². The van der Waals surface area contributed by atoms with Gasteiger partial charge in [0.2, 0.25) is 5.91 Å². The highest BCUT2D eigenvalue weighted by Gasteiger charge is 2.26. The van der Waals surface area contributed by atoms with Crippen LogP contribution in [0, 0.1) is 11.8 Å². The molecule has 0 spiro atoms. The van der Waals surface area contributed by atoms with Gasteiger partial charge < -0.3 is 5.32 Å². The van der Waals surface area contributed by atoms with Crippen LogP contribution in [-0.4, -0.2) is 27.8 Å². The molecule has 5 nitrogen and oxygen atoms in total. The summed E-state index contributed by atoms with van der Waals surface area (Å²) >= 11 is 1.46. The standard InChI is InChI=1S/C12H17N3O2S/c1-8(2)5-14-11(17)9-6-15-10(16)3-4-13-12(15)18-7-9/h3-4,8-9H,5-7H2,1-2H3,(H,14,17). The maximum Gasteiger partial charge on any atom is 0.254 e. The molecular weight excluding hydrogens is 250 g/mol. The molecule has 1 amide bonds. The lowest BCUT2D eigenvalue weighted by atomic mass is 10.1. The predicted octanol–water partition coefficient (Wildman–Crippen LogP) is 0.737. The van der Waals surface area contributed by atoms with E-state index in [1.165, 1.54) is 24.0 Å². The van der Waals surface area contributed by atoms with Crippen LogP contribution >= 0.6 is 11.8 Å². The van der Waals surface area contributed by atoms with Crippen molar-refractivity contribution in [2.24, 2.45) is 11.8 Å². The van der Waals surface area contributed by atoms with Gasteiger partial charge in [-0.3, -0.25) is 14.2 Å². The average Bonchev–Trinajstić information content (AvgIpc) is 2.36. The maximum atomic E-state index is 12.0. The average molecular weight is 267 g/mol. The molecule has 2 rings (SSSR count). The number of carbonyl (C=O) groups excluding carboxylic acids is 1. The number of aromatic nitrogens is 2. The van der Waals surface area contributed by atoms with Crippen LogP contribution in [0.1, 0.15) is 13.8 Å². The molecule has 0 aliphatic carbocycles. The molecule has 6 heteroatoms. The number of amides is 1. The van der Waals surface area contributed by atoms with Crippen LogP contribution in [0.5, 0.6) is 0 Å². The van der Waals surface area contributed by atoms with Crippen molar-refractivity contribution in [2.75, 3.05) is 12.3 Å². The molecular formula is C12H17N3O2S. The van der Waals surface area contributed by atoms with E-state index in [4.69, 9.17) is 0 Å². The summed E-state index contributed by atoms with van der Waals surface area (Å²) in [6.45, 7) is 5.22. The fourth-order valence-electron chi connectivity index (χ4n) is 1.76.